The zero-order valence-corrected chi connectivity index (χ0v) is 16.6. The van der Waals surface area contributed by atoms with Gasteiger partial charge in [-0.3, -0.25) is 20.0 Å². The van der Waals surface area contributed by atoms with E-state index in [1.807, 2.05) is 24.3 Å². The number of methoxy groups -OCH3 is 1. The van der Waals surface area contributed by atoms with Crippen molar-refractivity contribution in [3.8, 4) is 5.75 Å². The predicted molar refractivity (Wildman–Crippen MR) is 105 cm³/mol. The van der Waals surface area contributed by atoms with Crippen LogP contribution < -0.4 is 10.1 Å². The lowest BCUT2D eigenvalue weighted by Gasteiger charge is -2.18. The van der Waals surface area contributed by atoms with Crippen molar-refractivity contribution in [2.45, 2.75) is 33.1 Å². The number of amides is 2. The van der Waals surface area contributed by atoms with Crippen LogP contribution in [0, 0.1) is 11.8 Å². The van der Waals surface area contributed by atoms with Gasteiger partial charge in [0.1, 0.15) is 11.6 Å². The number of hydrogen-bond acceptors (Lipinski definition) is 5. The molecule has 8 nitrogen and oxygen atoms in total. The molecule has 2 heterocycles. The second-order valence-corrected chi connectivity index (χ2v) is 7.54. The molecule has 0 spiro atoms. The van der Waals surface area contributed by atoms with Crippen LogP contribution in [0.3, 0.4) is 0 Å². The second kappa shape index (κ2) is 8.86. The van der Waals surface area contributed by atoms with Crippen molar-refractivity contribution < 1.29 is 14.3 Å². The Balaban J connectivity index is 1.50. The number of anilines is 1. The van der Waals surface area contributed by atoms with Gasteiger partial charge in [-0.1, -0.05) is 26.0 Å². The molecule has 1 atom stereocenters. The topological polar surface area (TPSA) is 100 Å². The number of benzene rings is 1. The van der Waals surface area contributed by atoms with E-state index < -0.39 is 0 Å². The van der Waals surface area contributed by atoms with E-state index in [9.17, 15) is 9.59 Å². The summed E-state index contributed by atoms with van der Waals surface area (Å²) in [6, 6.07) is 7.87. The summed E-state index contributed by atoms with van der Waals surface area (Å²) in [6.07, 6.45) is 1.72. The van der Waals surface area contributed by atoms with Gasteiger partial charge in [-0.15, -0.1) is 5.10 Å². The standard InChI is InChI=1S/C20H27N5O3/c1-13(2)11-25-12-15(10-18(25)26)19(27)22-20-21-17(23-24-20)9-6-14-4-7-16(28-3)8-5-14/h4-5,7-8,13,15H,6,9-12H2,1-3H3,(H2,21,22,23,24,27)/t15-/m0/s1. The van der Waals surface area contributed by atoms with Crippen LogP contribution in [0.25, 0.3) is 0 Å². The van der Waals surface area contributed by atoms with E-state index in [4.69, 9.17) is 4.74 Å². The van der Waals surface area contributed by atoms with E-state index >= 15 is 0 Å². The Hall–Kier alpha value is -2.90. The molecule has 2 amide bonds. The van der Waals surface area contributed by atoms with Crippen LogP contribution in [0.5, 0.6) is 5.75 Å². The van der Waals surface area contributed by atoms with Crippen molar-refractivity contribution in [1.82, 2.24) is 20.1 Å². The Kier molecular flexibility index (Phi) is 6.28. The number of aromatic nitrogens is 3. The largest absolute Gasteiger partial charge is 0.497 e. The van der Waals surface area contributed by atoms with Gasteiger partial charge in [0, 0.05) is 25.9 Å². The molecule has 28 heavy (non-hydrogen) atoms. The summed E-state index contributed by atoms with van der Waals surface area (Å²) in [6.45, 7) is 5.25. The lowest BCUT2D eigenvalue weighted by atomic mass is 10.1. The summed E-state index contributed by atoms with van der Waals surface area (Å²) in [4.78, 5) is 30.6. The van der Waals surface area contributed by atoms with Crippen molar-refractivity contribution in [3.63, 3.8) is 0 Å². The number of carbonyl (C=O) groups excluding carboxylic acids is 2. The highest BCUT2D eigenvalue weighted by atomic mass is 16.5. The van der Waals surface area contributed by atoms with Gasteiger partial charge in [-0.05, 0) is 30.0 Å². The molecule has 1 fully saturated rings. The number of carbonyl (C=O) groups is 2. The Morgan fingerprint density at radius 3 is 2.75 bits per heavy atom. The number of nitrogens with one attached hydrogen (secondary N) is 2. The number of ether oxygens (including phenoxy) is 1. The van der Waals surface area contributed by atoms with E-state index in [0.717, 1.165) is 17.7 Å². The van der Waals surface area contributed by atoms with Crippen LogP contribution >= 0.6 is 0 Å². The average molecular weight is 385 g/mol. The molecule has 0 radical (unpaired) electrons. The van der Waals surface area contributed by atoms with E-state index in [-0.39, 0.29) is 30.1 Å². The zero-order chi connectivity index (χ0) is 20.1. The maximum absolute atomic E-state index is 12.4. The molecule has 0 saturated carbocycles. The van der Waals surface area contributed by atoms with Crippen molar-refractivity contribution in [2.75, 3.05) is 25.5 Å². The molecule has 0 unspecified atom stereocenters. The number of aromatic amines is 1. The fourth-order valence-corrected chi connectivity index (χ4v) is 3.30. The molecule has 1 aliphatic heterocycles. The Bertz CT molecular complexity index is 816. The maximum Gasteiger partial charge on any atom is 0.248 e. The number of aryl methyl sites for hydroxylation is 2. The minimum Gasteiger partial charge on any atom is -0.497 e. The molecular formula is C20H27N5O3. The molecule has 8 heteroatoms. The Labute approximate surface area is 164 Å². The zero-order valence-electron chi connectivity index (χ0n) is 16.6. The fraction of sp³-hybridized carbons (Fsp3) is 0.500. The first-order valence-electron chi connectivity index (χ1n) is 9.57. The maximum atomic E-state index is 12.4. The van der Waals surface area contributed by atoms with Crippen LogP contribution in [0.2, 0.25) is 0 Å². The van der Waals surface area contributed by atoms with Gasteiger partial charge in [0.05, 0.1) is 13.0 Å². The molecule has 2 N–H and O–H groups in total. The van der Waals surface area contributed by atoms with Crippen LogP contribution in [-0.2, 0) is 22.4 Å². The molecule has 1 saturated heterocycles. The molecule has 0 bridgehead atoms. The SMILES string of the molecule is COc1ccc(CCc2nc(NC(=O)[C@H]3CC(=O)N(CC(C)C)C3)n[nH]2)cc1. The highest BCUT2D eigenvalue weighted by Gasteiger charge is 2.34. The van der Waals surface area contributed by atoms with Crippen molar-refractivity contribution in [3.05, 3.63) is 35.7 Å². The molecule has 150 valence electrons. The molecule has 1 aliphatic rings. The van der Waals surface area contributed by atoms with Gasteiger partial charge >= 0.3 is 0 Å². The van der Waals surface area contributed by atoms with Gasteiger partial charge in [0.25, 0.3) is 0 Å². The third kappa shape index (κ3) is 5.09. The number of hydrogen-bond donors (Lipinski definition) is 2. The van der Waals surface area contributed by atoms with Crippen molar-refractivity contribution in [2.24, 2.45) is 11.8 Å². The number of rotatable bonds is 8. The predicted octanol–water partition coefficient (Wildman–Crippen LogP) is 2.04. The van der Waals surface area contributed by atoms with Gasteiger partial charge in [0.15, 0.2) is 0 Å². The van der Waals surface area contributed by atoms with E-state index in [1.54, 1.807) is 12.0 Å². The highest BCUT2D eigenvalue weighted by molar-refractivity contribution is 5.96. The quantitative estimate of drug-likeness (QED) is 0.724. The van der Waals surface area contributed by atoms with Gasteiger partial charge in [0.2, 0.25) is 17.8 Å². The van der Waals surface area contributed by atoms with Crippen LogP contribution in [0.4, 0.5) is 5.95 Å². The molecular weight excluding hydrogens is 358 g/mol. The normalized spacial score (nSPS) is 16.6. The van der Waals surface area contributed by atoms with Crippen LogP contribution in [-0.4, -0.2) is 52.1 Å². The summed E-state index contributed by atoms with van der Waals surface area (Å²) in [7, 11) is 1.64. The number of nitrogens with zero attached hydrogens (tertiary/aromatic N) is 3. The highest BCUT2D eigenvalue weighted by Crippen LogP contribution is 2.20. The lowest BCUT2D eigenvalue weighted by Crippen LogP contribution is -2.31. The van der Waals surface area contributed by atoms with Gasteiger partial charge < -0.3 is 9.64 Å². The molecule has 1 aromatic heterocycles. The first-order valence-corrected chi connectivity index (χ1v) is 9.57. The summed E-state index contributed by atoms with van der Waals surface area (Å²) < 4.78 is 5.15. The summed E-state index contributed by atoms with van der Waals surface area (Å²) in [5, 5.41) is 9.65. The lowest BCUT2D eigenvalue weighted by molar-refractivity contribution is -0.128. The van der Waals surface area contributed by atoms with Crippen molar-refractivity contribution >= 4 is 17.8 Å². The first-order chi connectivity index (χ1) is 13.4. The monoisotopic (exact) mass is 385 g/mol. The molecule has 0 aliphatic carbocycles. The minimum absolute atomic E-state index is 0.0315. The smallest absolute Gasteiger partial charge is 0.248 e. The fourth-order valence-electron chi connectivity index (χ4n) is 3.30. The Morgan fingerprint density at radius 1 is 1.32 bits per heavy atom. The van der Waals surface area contributed by atoms with E-state index in [1.165, 1.54) is 0 Å². The van der Waals surface area contributed by atoms with Crippen LogP contribution in [0.15, 0.2) is 24.3 Å². The average Bonchev–Trinajstić information content (AvgIpc) is 3.27. The minimum atomic E-state index is -0.354. The summed E-state index contributed by atoms with van der Waals surface area (Å²) >= 11 is 0. The van der Waals surface area contributed by atoms with E-state index in [0.29, 0.717) is 31.3 Å². The first kappa shape index (κ1) is 19.9. The van der Waals surface area contributed by atoms with E-state index in [2.05, 4.69) is 34.3 Å². The van der Waals surface area contributed by atoms with Gasteiger partial charge in [-0.25, -0.2) is 0 Å². The third-order valence-corrected chi connectivity index (χ3v) is 4.75. The Morgan fingerprint density at radius 2 is 2.07 bits per heavy atom. The molecule has 2 aromatic rings. The molecule has 1 aromatic carbocycles. The number of H-pyrrole nitrogens is 1. The second-order valence-electron chi connectivity index (χ2n) is 7.54. The molecule has 3 rings (SSSR count). The van der Waals surface area contributed by atoms with Crippen molar-refractivity contribution in [1.29, 1.82) is 0 Å². The van der Waals surface area contributed by atoms with Gasteiger partial charge in [-0.2, -0.15) is 4.98 Å². The number of likely N-dealkylation sites (tertiary alicyclic amines) is 1. The summed E-state index contributed by atoms with van der Waals surface area (Å²) in [5.74, 6) is 1.63. The third-order valence-electron chi connectivity index (χ3n) is 4.75. The summed E-state index contributed by atoms with van der Waals surface area (Å²) in [5.41, 5.74) is 1.16. The van der Waals surface area contributed by atoms with Crippen LogP contribution in [0.1, 0.15) is 31.7 Å².